The molecule has 112 valence electrons. The van der Waals surface area contributed by atoms with Gasteiger partial charge in [0.2, 0.25) is 5.95 Å². The number of anilines is 2. The van der Waals surface area contributed by atoms with Crippen molar-refractivity contribution in [2.24, 2.45) is 11.8 Å². The molecular weight excluding hydrogens is 271 g/mol. The predicted molar refractivity (Wildman–Crippen MR) is 70.1 cm³/mol. The number of nitrogens with one attached hydrogen (secondary N) is 1. The SMILES string of the molecule is CC(C)N(CC1CC1)c1cc(C(F)(F)F)nc(NN)n1. The molecule has 1 aliphatic carbocycles. The van der Waals surface area contributed by atoms with E-state index in [1.165, 1.54) is 0 Å². The highest BCUT2D eigenvalue weighted by Crippen LogP contribution is 2.34. The molecule has 0 bridgehead atoms. The fourth-order valence-corrected chi connectivity index (χ4v) is 1.94. The van der Waals surface area contributed by atoms with Gasteiger partial charge >= 0.3 is 6.18 Å². The zero-order valence-electron chi connectivity index (χ0n) is 11.4. The van der Waals surface area contributed by atoms with E-state index in [0.717, 1.165) is 18.9 Å². The molecule has 0 spiro atoms. The molecule has 0 radical (unpaired) electrons. The Morgan fingerprint density at radius 1 is 1.40 bits per heavy atom. The Morgan fingerprint density at radius 3 is 2.50 bits per heavy atom. The van der Waals surface area contributed by atoms with Crippen LogP contribution in [-0.4, -0.2) is 22.6 Å². The molecule has 0 atom stereocenters. The third-order valence-electron chi connectivity index (χ3n) is 3.20. The van der Waals surface area contributed by atoms with Gasteiger partial charge in [-0.1, -0.05) is 0 Å². The van der Waals surface area contributed by atoms with Crippen molar-refractivity contribution in [1.82, 2.24) is 9.97 Å². The van der Waals surface area contributed by atoms with E-state index in [-0.39, 0.29) is 17.8 Å². The van der Waals surface area contributed by atoms with Gasteiger partial charge in [0.25, 0.3) is 0 Å². The lowest BCUT2D eigenvalue weighted by Crippen LogP contribution is -2.34. The Kier molecular flexibility index (Phi) is 4.03. The molecule has 1 aliphatic rings. The van der Waals surface area contributed by atoms with Gasteiger partial charge in [-0.2, -0.15) is 18.2 Å². The molecular formula is C12H18F3N5. The van der Waals surface area contributed by atoms with Gasteiger partial charge in [0.1, 0.15) is 5.82 Å². The van der Waals surface area contributed by atoms with Gasteiger partial charge in [-0.05, 0) is 32.6 Å². The van der Waals surface area contributed by atoms with Crippen molar-refractivity contribution in [3.8, 4) is 0 Å². The maximum atomic E-state index is 12.8. The van der Waals surface area contributed by atoms with Gasteiger partial charge in [-0.3, -0.25) is 5.43 Å². The number of hydrogen-bond acceptors (Lipinski definition) is 5. The zero-order chi connectivity index (χ0) is 14.9. The first kappa shape index (κ1) is 14.8. The van der Waals surface area contributed by atoms with Gasteiger partial charge in [-0.15, -0.1) is 0 Å². The molecule has 0 aromatic carbocycles. The minimum absolute atomic E-state index is 0.0530. The minimum atomic E-state index is -4.52. The summed E-state index contributed by atoms with van der Waals surface area (Å²) in [6, 6.07) is 1.03. The molecule has 1 fully saturated rings. The zero-order valence-corrected chi connectivity index (χ0v) is 11.4. The molecule has 20 heavy (non-hydrogen) atoms. The Labute approximate surface area is 115 Å². The summed E-state index contributed by atoms with van der Waals surface area (Å²) in [5.41, 5.74) is 1.10. The normalized spacial score (nSPS) is 15.6. The van der Waals surface area contributed by atoms with E-state index in [4.69, 9.17) is 5.84 Å². The number of hydrogen-bond donors (Lipinski definition) is 2. The van der Waals surface area contributed by atoms with Crippen molar-refractivity contribution in [3.63, 3.8) is 0 Å². The Bertz CT molecular complexity index is 471. The van der Waals surface area contributed by atoms with Crippen LogP contribution in [0, 0.1) is 5.92 Å². The van der Waals surface area contributed by atoms with Crippen LogP contribution in [0.4, 0.5) is 24.9 Å². The second-order valence-corrected chi connectivity index (χ2v) is 5.27. The van der Waals surface area contributed by atoms with Crippen LogP contribution in [0.1, 0.15) is 32.4 Å². The van der Waals surface area contributed by atoms with Crippen LogP contribution in [0.25, 0.3) is 0 Å². The smallest absolute Gasteiger partial charge is 0.354 e. The molecule has 2 rings (SSSR count). The highest BCUT2D eigenvalue weighted by Gasteiger charge is 2.35. The van der Waals surface area contributed by atoms with E-state index >= 15 is 0 Å². The van der Waals surface area contributed by atoms with Gasteiger partial charge < -0.3 is 4.90 Å². The quantitative estimate of drug-likeness (QED) is 0.643. The third-order valence-corrected chi connectivity index (χ3v) is 3.20. The number of halogens is 3. The molecule has 1 aromatic heterocycles. The second kappa shape index (κ2) is 5.43. The van der Waals surface area contributed by atoms with Crippen molar-refractivity contribution in [2.75, 3.05) is 16.9 Å². The summed E-state index contributed by atoms with van der Waals surface area (Å²) in [6.45, 7) is 4.55. The monoisotopic (exact) mass is 289 g/mol. The topological polar surface area (TPSA) is 67.1 Å². The summed E-state index contributed by atoms with van der Waals surface area (Å²) in [4.78, 5) is 9.26. The van der Waals surface area contributed by atoms with Gasteiger partial charge in [-0.25, -0.2) is 10.8 Å². The number of rotatable bonds is 5. The van der Waals surface area contributed by atoms with Crippen LogP contribution in [-0.2, 0) is 6.18 Å². The fraction of sp³-hybridized carbons (Fsp3) is 0.667. The van der Waals surface area contributed by atoms with Crippen molar-refractivity contribution in [3.05, 3.63) is 11.8 Å². The molecule has 1 heterocycles. The summed E-state index contributed by atoms with van der Waals surface area (Å²) >= 11 is 0. The van der Waals surface area contributed by atoms with Crippen LogP contribution in [0.2, 0.25) is 0 Å². The number of hydrazine groups is 1. The van der Waals surface area contributed by atoms with Crippen molar-refractivity contribution >= 4 is 11.8 Å². The molecule has 1 aromatic rings. The van der Waals surface area contributed by atoms with E-state index < -0.39 is 11.9 Å². The summed E-state index contributed by atoms with van der Waals surface area (Å²) < 4.78 is 38.5. The molecule has 0 aliphatic heterocycles. The van der Waals surface area contributed by atoms with E-state index in [0.29, 0.717) is 12.5 Å². The number of nitrogens with zero attached hydrogens (tertiary/aromatic N) is 3. The number of nitrogens with two attached hydrogens (primary N) is 1. The third kappa shape index (κ3) is 3.50. The Hall–Kier alpha value is -1.57. The summed E-state index contributed by atoms with van der Waals surface area (Å²) in [7, 11) is 0. The number of aromatic nitrogens is 2. The second-order valence-electron chi connectivity index (χ2n) is 5.27. The van der Waals surface area contributed by atoms with Crippen LogP contribution >= 0.6 is 0 Å². The van der Waals surface area contributed by atoms with Crippen LogP contribution in [0.3, 0.4) is 0 Å². The maximum absolute atomic E-state index is 12.8. The summed E-state index contributed by atoms with van der Waals surface area (Å²) in [5.74, 6) is 5.72. The van der Waals surface area contributed by atoms with Gasteiger partial charge in [0.15, 0.2) is 5.69 Å². The lowest BCUT2D eigenvalue weighted by Gasteiger charge is -2.28. The Balaban J connectivity index is 2.36. The van der Waals surface area contributed by atoms with E-state index in [2.05, 4.69) is 15.4 Å². The molecule has 1 saturated carbocycles. The highest BCUT2D eigenvalue weighted by atomic mass is 19.4. The molecule has 3 N–H and O–H groups in total. The lowest BCUT2D eigenvalue weighted by atomic mass is 10.2. The van der Waals surface area contributed by atoms with Crippen LogP contribution < -0.4 is 16.2 Å². The first-order valence-corrected chi connectivity index (χ1v) is 6.50. The van der Waals surface area contributed by atoms with Crippen LogP contribution in [0.15, 0.2) is 6.07 Å². The van der Waals surface area contributed by atoms with Gasteiger partial charge in [0.05, 0.1) is 0 Å². The van der Waals surface area contributed by atoms with Gasteiger partial charge in [0, 0.05) is 18.7 Å². The first-order chi connectivity index (χ1) is 9.31. The average Bonchev–Trinajstić information content (AvgIpc) is 3.17. The first-order valence-electron chi connectivity index (χ1n) is 6.50. The lowest BCUT2D eigenvalue weighted by molar-refractivity contribution is -0.141. The highest BCUT2D eigenvalue weighted by molar-refractivity contribution is 5.46. The Morgan fingerprint density at radius 2 is 2.05 bits per heavy atom. The number of alkyl halides is 3. The van der Waals surface area contributed by atoms with Crippen molar-refractivity contribution < 1.29 is 13.2 Å². The fourth-order valence-electron chi connectivity index (χ4n) is 1.94. The molecule has 0 saturated heterocycles. The van der Waals surface area contributed by atoms with E-state index in [1.807, 2.05) is 18.7 Å². The standard InChI is InChI=1S/C12H18F3N5/c1-7(2)20(6-8-3-4-8)10-5-9(12(13,14)15)17-11(18-10)19-16/h5,7-8H,3-4,6,16H2,1-2H3,(H,17,18,19). The molecule has 0 amide bonds. The molecule has 8 heteroatoms. The maximum Gasteiger partial charge on any atom is 0.433 e. The van der Waals surface area contributed by atoms with Crippen molar-refractivity contribution in [1.29, 1.82) is 0 Å². The summed E-state index contributed by atoms with van der Waals surface area (Å²) in [6.07, 6.45) is -2.30. The summed E-state index contributed by atoms with van der Waals surface area (Å²) in [5, 5.41) is 0. The van der Waals surface area contributed by atoms with Crippen LogP contribution in [0.5, 0.6) is 0 Å². The number of nitrogen functional groups attached to an aromatic ring is 1. The van der Waals surface area contributed by atoms with Crippen molar-refractivity contribution in [2.45, 2.75) is 38.9 Å². The predicted octanol–water partition coefficient (Wildman–Crippen LogP) is 2.41. The van der Waals surface area contributed by atoms with E-state index in [9.17, 15) is 13.2 Å². The largest absolute Gasteiger partial charge is 0.433 e. The minimum Gasteiger partial charge on any atom is -0.354 e. The average molecular weight is 289 g/mol. The van der Waals surface area contributed by atoms with E-state index in [1.54, 1.807) is 0 Å². The molecule has 5 nitrogen and oxygen atoms in total. The molecule has 0 unspecified atom stereocenters.